The molecular formula is C11H13ClO2. The summed E-state index contributed by atoms with van der Waals surface area (Å²) in [5.41, 5.74) is 1.43. The first-order chi connectivity index (χ1) is 6.56. The van der Waals surface area contributed by atoms with E-state index in [0.717, 1.165) is 5.56 Å². The van der Waals surface area contributed by atoms with Gasteiger partial charge < -0.3 is 4.74 Å². The highest BCUT2D eigenvalue weighted by molar-refractivity contribution is 6.32. The summed E-state index contributed by atoms with van der Waals surface area (Å²) < 4.78 is 5.30. The van der Waals surface area contributed by atoms with Crippen molar-refractivity contribution in [2.75, 3.05) is 6.61 Å². The van der Waals surface area contributed by atoms with Crippen LogP contribution >= 0.6 is 11.6 Å². The van der Waals surface area contributed by atoms with E-state index in [4.69, 9.17) is 16.3 Å². The third-order valence-corrected chi connectivity index (χ3v) is 2.40. The van der Waals surface area contributed by atoms with Crippen molar-refractivity contribution < 1.29 is 9.53 Å². The minimum Gasteiger partial charge on any atom is -0.494 e. The zero-order valence-electron chi connectivity index (χ0n) is 8.56. The van der Waals surface area contributed by atoms with E-state index in [1.165, 1.54) is 6.92 Å². The molecule has 1 aromatic carbocycles. The van der Waals surface area contributed by atoms with Crippen LogP contribution in [0.5, 0.6) is 5.75 Å². The lowest BCUT2D eigenvalue weighted by atomic mass is 10.1. The van der Waals surface area contributed by atoms with Gasteiger partial charge in [-0.05, 0) is 38.5 Å². The maximum Gasteiger partial charge on any atom is 0.160 e. The van der Waals surface area contributed by atoms with Gasteiger partial charge in [-0.3, -0.25) is 4.79 Å². The Kier molecular flexibility index (Phi) is 3.53. The Balaban J connectivity index is 3.21. The summed E-state index contributed by atoms with van der Waals surface area (Å²) in [6.07, 6.45) is 0. The standard InChI is InChI=1S/C11H13ClO2/c1-4-14-9-5-10(8(3)13)7(2)11(12)6-9/h5-6H,4H2,1-3H3. The summed E-state index contributed by atoms with van der Waals surface area (Å²) in [6.45, 7) is 5.81. The van der Waals surface area contributed by atoms with Gasteiger partial charge in [-0.25, -0.2) is 0 Å². The predicted octanol–water partition coefficient (Wildman–Crippen LogP) is 3.25. The van der Waals surface area contributed by atoms with Gasteiger partial charge in [-0.2, -0.15) is 0 Å². The van der Waals surface area contributed by atoms with Gasteiger partial charge in [0.15, 0.2) is 5.78 Å². The number of rotatable bonds is 3. The van der Waals surface area contributed by atoms with E-state index >= 15 is 0 Å². The largest absolute Gasteiger partial charge is 0.494 e. The molecule has 14 heavy (non-hydrogen) atoms. The second-order valence-electron chi connectivity index (χ2n) is 3.07. The van der Waals surface area contributed by atoms with E-state index in [2.05, 4.69) is 0 Å². The molecule has 0 saturated heterocycles. The summed E-state index contributed by atoms with van der Waals surface area (Å²) in [7, 11) is 0. The topological polar surface area (TPSA) is 26.3 Å². The Morgan fingerprint density at radius 2 is 2.14 bits per heavy atom. The van der Waals surface area contributed by atoms with Gasteiger partial charge in [0.1, 0.15) is 5.75 Å². The highest BCUT2D eigenvalue weighted by Gasteiger charge is 2.09. The molecule has 0 heterocycles. The van der Waals surface area contributed by atoms with Gasteiger partial charge in [-0.1, -0.05) is 11.6 Å². The Hall–Kier alpha value is -1.02. The van der Waals surface area contributed by atoms with Crippen LogP contribution in [0.2, 0.25) is 5.02 Å². The number of benzene rings is 1. The van der Waals surface area contributed by atoms with Crippen LogP contribution in [0.25, 0.3) is 0 Å². The molecule has 0 spiro atoms. The molecule has 0 atom stereocenters. The zero-order valence-corrected chi connectivity index (χ0v) is 9.31. The fraction of sp³-hybridized carbons (Fsp3) is 0.364. The molecule has 1 aromatic rings. The molecule has 0 unspecified atom stereocenters. The van der Waals surface area contributed by atoms with Crippen molar-refractivity contribution >= 4 is 17.4 Å². The minimum absolute atomic E-state index is 0.00551. The molecule has 0 amide bonds. The smallest absolute Gasteiger partial charge is 0.160 e. The molecule has 0 N–H and O–H groups in total. The van der Waals surface area contributed by atoms with Crippen molar-refractivity contribution in [2.45, 2.75) is 20.8 Å². The van der Waals surface area contributed by atoms with Gasteiger partial charge in [0.25, 0.3) is 0 Å². The van der Waals surface area contributed by atoms with E-state index < -0.39 is 0 Å². The Labute approximate surface area is 88.8 Å². The number of Topliss-reactive ketones (excluding diaryl/α,β-unsaturated/α-hetero) is 1. The lowest BCUT2D eigenvalue weighted by Gasteiger charge is -2.08. The summed E-state index contributed by atoms with van der Waals surface area (Å²) in [4.78, 5) is 11.3. The van der Waals surface area contributed by atoms with E-state index in [-0.39, 0.29) is 5.78 Å². The van der Waals surface area contributed by atoms with Crippen LogP contribution in [-0.2, 0) is 0 Å². The third kappa shape index (κ3) is 2.26. The number of hydrogen-bond donors (Lipinski definition) is 0. The average molecular weight is 213 g/mol. The third-order valence-electron chi connectivity index (χ3n) is 2.01. The Bertz CT molecular complexity index is 359. The molecule has 0 aliphatic rings. The quantitative estimate of drug-likeness (QED) is 0.719. The number of carbonyl (C=O) groups is 1. The van der Waals surface area contributed by atoms with Crippen molar-refractivity contribution in [1.82, 2.24) is 0 Å². The molecule has 0 aromatic heterocycles. The lowest BCUT2D eigenvalue weighted by Crippen LogP contribution is -1.99. The average Bonchev–Trinajstić information content (AvgIpc) is 2.11. The van der Waals surface area contributed by atoms with Gasteiger partial charge in [0.2, 0.25) is 0 Å². The lowest BCUT2D eigenvalue weighted by molar-refractivity contribution is 0.101. The van der Waals surface area contributed by atoms with Gasteiger partial charge in [-0.15, -0.1) is 0 Å². The molecule has 0 fully saturated rings. The minimum atomic E-state index is 0.00551. The molecular weight excluding hydrogens is 200 g/mol. The second-order valence-corrected chi connectivity index (χ2v) is 3.47. The molecule has 0 aliphatic heterocycles. The first-order valence-corrected chi connectivity index (χ1v) is 4.88. The Morgan fingerprint density at radius 3 is 2.64 bits per heavy atom. The highest BCUT2D eigenvalue weighted by atomic mass is 35.5. The summed E-state index contributed by atoms with van der Waals surface area (Å²) in [5, 5.41) is 0.571. The second kappa shape index (κ2) is 4.47. The first kappa shape index (κ1) is 11.1. The number of carbonyl (C=O) groups excluding carboxylic acids is 1. The van der Waals surface area contributed by atoms with Crippen LogP contribution in [0, 0.1) is 6.92 Å². The highest BCUT2D eigenvalue weighted by Crippen LogP contribution is 2.26. The van der Waals surface area contributed by atoms with E-state index in [0.29, 0.717) is 22.9 Å². The van der Waals surface area contributed by atoms with Crippen LogP contribution in [0.1, 0.15) is 29.8 Å². The summed E-state index contributed by atoms with van der Waals surface area (Å²) in [6, 6.07) is 3.46. The van der Waals surface area contributed by atoms with Crippen molar-refractivity contribution in [1.29, 1.82) is 0 Å². The van der Waals surface area contributed by atoms with Crippen LogP contribution in [0.15, 0.2) is 12.1 Å². The molecule has 0 saturated carbocycles. The maximum atomic E-state index is 11.3. The van der Waals surface area contributed by atoms with E-state index in [1.54, 1.807) is 12.1 Å². The van der Waals surface area contributed by atoms with Crippen LogP contribution in [-0.4, -0.2) is 12.4 Å². The number of hydrogen-bond acceptors (Lipinski definition) is 2. The normalized spacial score (nSPS) is 10.0. The van der Waals surface area contributed by atoms with Gasteiger partial charge in [0.05, 0.1) is 6.61 Å². The Morgan fingerprint density at radius 1 is 1.50 bits per heavy atom. The monoisotopic (exact) mass is 212 g/mol. The van der Waals surface area contributed by atoms with E-state index in [1.807, 2.05) is 13.8 Å². The fourth-order valence-electron chi connectivity index (χ4n) is 1.27. The van der Waals surface area contributed by atoms with E-state index in [9.17, 15) is 4.79 Å². The molecule has 2 nitrogen and oxygen atoms in total. The van der Waals surface area contributed by atoms with Crippen LogP contribution in [0.4, 0.5) is 0 Å². The number of ketones is 1. The summed E-state index contributed by atoms with van der Waals surface area (Å²) >= 11 is 5.97. The maximum absolute atomic E-state index is 11.3. The van der Waals surface area contributed by atoms with Crippen LogP contribution in [0.3, 0.4) is 0 Å². The van der Waals surface area contributed by atoms with Gasteiger partial charge >= 0.3 is 0 Å². The molecule has 1 rings (SSSR count). The summed E-state index contributed by atoms with van der Waals surface area (Å²) in [5.74, 6) is 0.652. The van der Waals surface area contributed by atoms with Gasteiger partial charge in [0, 0.05) is 10.6 Å². The fourth-order valence-corrected chi connectivity index (χ4v) is 1.48. The van der Waals surface area contributed by atoms with Crippen molar-refractivity contribution in [3.8, 4) is 5.75 Å². The van der Waals surface area contributed by atoms with Crippen LogP contribution < -0.4 is 4.74 Å². The molecule has 0 radical (unpaired) electrons. The molecule has 0 bridgehead atoms. The first-order valence-electron chi connectivity index (χ1n) is 4.50. The number of ether oxygens (including phenoxy) is 1. The van der Waals surface area contributed by atoms with Crippen molar-refractivity contribution in [3.05, 3.63) is 28.3 Å². The molecule has 3 heteroatoms. The predicted molar refractivity (Wildman–Crippen MR) is 57.4 cm³/mol. The number of halogens is 1. The van der Waals surface area contributed by atoms with Crippen molar-refractivity contribution in [2.24, 2.45) is 0 Å². The van der Waals surface area contributed by atoms with Crippen molar-refractivity contribution in [3.63, 3.8) is 0 Å². The molecule has 0 aliphatic carbocycles. The SMILES string of the molecule is CCOc1cc(Cl)c(C)c(C(C)=O)c1. The molecule has 76 valence electrons. The zero-order chi connectivity index (χ0) is 10.7.